The molecule has 35 heavy (non-hydrogen) atoms. The lowest BCUT2D eigenvalue weighted by Crippen LogP contribution is -2.26. The van der Waals surface area contributed by atoms with Crippen LogP contribution in [0.25, 0.3) is 43.6 Å². The van der Waals surface area contributed by atoms with Crippen molar-refractivity contribution in [1.29, 1.82) is 10.5 Å². The van der Waals surface area contributed by atoms with Gasteiger partial charge in [0.15, 0.2) is 0 Å². The van der Waals surface area contributed by atoms with Gasteiger partial charge in [0.25, 0.3) is 0 Å². The summed E-state index contributed by atoms with van der Waals surface area (Å²) in [4.78, 5) is 0. The van der Waals surface area contributed by atoms with E-state index in [2.05, 4.69) is 86.4 Å². The second-order valence-electron chi connectivity index (χ2n) is 9.41. The second-order valence-corrected chi connectivity index (χ2v) is 9.41. The maximum Gasteiger partial charge on any atom is 0.101 e. The Morgan fingerprint density at radius 2 is 1.31 bits per heavy atom. The summed E-state index contributed by atoms with van der Waals surface area (Å²) in [6.07, 6.45) is 7.88. The Kier molecular flexibility index (Phi) is 4.63. The predicted molar refractivity (Wildman–Crippen MR) is 144 cm³/mol. The molecule has 4 aromatic rings. The van der Waals surface area contributed by atoms with Crippen LogP contribution in [0, 0.1) is 28.6 Å². The van der Waals surface area contributed by atoms with Crippen LogP contribution in [0.1, 0.15) is 25.0 Å². The van der Waals surface area contributed by atoms with E-state index in [4.69, 9.17) is 0 Å². The lowest BCUT2D eigenvalue weighted by Gasteiger charge is -2.24. The molecule has 1 heterocycles. The highest BCUT2D eigenvalue weighted by molar-refractivity contribution is 6.26. The van der Waals surface area contributed by atoms with Crippen molar-refractivity contribution in [1.82, 2.24) is 5.32 Å². The first-order chi connectivity index (χ1) is 17.0. The SMILES string of the molecule is C=C1C(c2ccc3ccc4c(C5=C(C#N)C=CC(C)N5)ccc5ccc2c3c54)=C(C#N)C=CC1C. The van der Waals surface area contributed by atoms with Gasteiger partial charge in [-0.15, -0.1) is 0 Å². The number of hydrogen-bond acceptors (Lipinski definition) is 3. The molecule has 1 aliphatic carbocycles. The van der Waals surface area contributed by atoms with Crippen LogP contribution in [-0.4, -0.2) is 6.04 Å². The van der Waals surface area contributed by atoms with Gasteiger partial charge in [-0.2, -0.15) is 10.5 Å². The summed E-state index contributed by atoms with van der Waals surface area (Å²) in [6, 6.07) is 22.0. The van der Waals surface area contributed by atoms with E-state index in [0.717, 1.165) is 49.5 Å². The number of nitrogens with one attached hydrogen (secondary N) is 1. The maximum atomic E-state index is 9.88. The third-order valence-corrected chi connectivity index (χ3v) is 7.33. The summed E-state index contributed by atoms with van der Waals surface area (Å²) in [5.74, 6) is 0.177. The first kappa shape index (κ1) is 21.0. The summed E-state index contributed by atoms with van der Waals surface area (Å²) < 4.78 is 0. The zero-order valence-electron chi connectivity index (χ0n) is 19.7. The minimum Gasteiger partial charge on any atom is -0.378 e. The first-order valence-electron chi connectivity index (χ1n) is 11.8. The van der Waals surface area contributed by atoms with E-state index in [9.17, 15) is 10.5 Å². The van der Waals surface area contributed by atoms with Gasteiger partial charge in [0.1, 0.15) is 6.07 Å². The standard InChI is InChI=1S/C32H23N3/c1-18-4-6-23(16-33)29(20(18)3)25-12-8-21-10-14-27-28(32-24(17-34)7-5-19(2)35-32)15-11-22-9-13-26(25)30(21)31(22)27/h4-15,18-19,35H,3H2,1-2H3. The van der Waals surface area contributed by atoms with Gasteiger partial charge in [-0.05, 0) is 68.4 Å². The first-order valence-corrected chi connectivity index (χ1v) is 11.8. The van der Waals surface area contributed by atoms with E-state index in [1.807, 2.05) is 24.3 Å². The molecule has 0 spiro atoms. The topological polar surface area (TPSA) is 59.6 Å². The van der Waals surface area contributed by atoms with Crippen LogP contribution in [0.5, 0.6) is 0 Å². The number of dihydropyridines is 1. The minimum atomic E-state index is 0.149. The molecule has 2 atom stereocenters. The largest absolute Gasteiger partial charge is 0.378 e. The Balaban J connectivity index is 1.71. The van der Waals surface area contributed by atoms with Gasteiger partial charge in [0.2, 0.25) is 0 Å². The Bertz CT molecular complexity index is 1780. The molecular formula is C32H23N3. The zero-order chi connectivity index (χ0) is 24.3. The van der Waals surface area contributed by atoms with Crippen molar-refractivity contribution in [2.24, 2.45) is 5.92 Å². The van der Waals surface area contributed by atoms with Crippen molar-refractivity contribution in [3.63, 3.8) is 0 Å². The van der Waals surface area contributed by atoms with Gasteiger partial charge < -0.3 is 5.32 Å². The maximum absolute atomic E-state index is 9.88. The summed E-state index contributed by atoms with van der Waals surface area (Å²) in [5, 5.41) is 30.1. The number of allylic oxidation sites excluding steroid dienone is 7. The number of hydrogen-bond donors (Lipinski definition) is 1. The predicted octanol–water partition coefficient (Wildman–Crippen LogP) is 7.41. The normalized spacial score (nSPS) is 20.1. The van der Waals surface area contributed by atoms with Crippen LogP contribution < -0.4 is 5.32 Å². The highest BCUT2D eigenvalue weighted by Crippen LogP contribution is 2.44. The van der Waals surface area contributed by atoms with Gasteiger partial charge in [-0.25, -0.2) is 0 Å². The fourth-order valence-electron chi connectivity index (χ4n) is 5.48. The summed E-state index contributed by atoms with van der Waals surface area (Å²) in [7, 11) is 0. The van der Waals surface area contributed by atoms with Crippen LogP contribution in [0.15, 0.2) is 96.1 Å². The summed E-state index contributed by atoms with van der Waals surface area (Å²) >= 11 is 0. The van der Waals surface area contributed by atoms with E-state index >= 15 is 0 Å². The highest BCUT2D eigenvalue weighted by Gasteiger charge is 2.23. The quantitative estimate of drug-likeness (QED) is 0.324. The van der Waals surface area contributed by atoms with Crippen LogP contribution in [0.4, 0.5) is 0 Å². The lowest BCUT2D eigenvalue weighted by atomic mass is 9.80. The van der Waals surface area contributed by atoms with E-state index in [-0.39, 0.29) is 12.0 Å². The van der Waals surface area contributed by atoms with Crippen LogP contribution >= 0.6 is 0 Å². The van der Waals surface area contributed by atoms with Crippen molar-refractivity contribution in [3.8, 4) is 12.1 Å². The second kappa shape index (κ2) is 7.73. The van der Waals surface area contributed by atoms with Crippen molar-refractivity contribution in [2.75, 3.05) is 0 Å². The summed E-state index contributed by atoms with van der Waals surface area (Å²) in [5.41, 5.74) is 6.13. The molecule has 0 radical (unpaired) electrons. The fraction of sp³-hybridized carbons (Fsp3) is 0.125. The third kappa shape index (κ3) is 3.03. The molecule has 0 saturated heterocycles. The Morgan fingerprint density at radius 3 is 1.97 bits per heavy atom. The average Bonchev–Trinajstić information content (AvgIpc) is 2.88. The van der Waals surface area contributed by atoms with E-state index < -0.39 is 0 Å². The molecule has 0 amide bonds. The number of nitrogens with zero attached hydrogens (tertiary/aromatic N) is 2. The van der Waals surface area contributed by atoms with Crippen LogP contribution in [-0.2, 0) is 0 Å². The van der Waals surface area contributed by atoms with Gasteiger partial charge in [0, 0.05) is 17.2 Å². The van der Waals surface area contributed by atoms with E-state index in [1.165, 1.54) is 10.8 Å². The smallest absolute Gasteiger partial charge is 0.101 e. The molecule has 4 aromatic carbocycles. The molecule has 0 aromatic heterocycles. The van der Waals surface area contributed by atoms with Crippen molar-refractivity contribution < 1.29 is 0 Å². The molecule has 0 fully saturated rings. The monoisotopic (exact) mass is 449 g/mol. The number of rotatable bonds is 2. The molecule has 1 aliphatic heterocycles. The molecule has 6 rings (SSSR count). The molecule has 0 saturated carbocycles. The van der Waals surface area contributed by atoms with Crippen LogP contribution in [0.2, 0.25) is 0 Å². The van der Waals surface area contributed by atoms with Gasteiger partial charge in [-0.3, -0.25) is 0 Å². The molecule has 166 valence electrons. The highest BCUT2D eigenvalue weighted by atomic mass is 14.9. The third-order valence-electron chi connectivity index (χ3n) is 7.33. The molecular weight excluding hydrogens is 426 g/mol. The Hall–Kier alpha value is -4.60. The number of benzene rings is 4. The molecule has 0 bridgehead atoms. The number of nitriles is 2. The van der Waals surface area contributed by atoms with Gasteiger partial charge in [0.05, 0.1) is 22.9 Å². The fourth-order valence-corrected chi connectivity index (χ4v) is 5.48. The minimum absolute atomic E-state index is 0.149. The van der Waals surface area contributed by atoms with Gasteiger partial charge in [-0.1, -0.05) is 74.2 Å². The molecule has 3 heteroatoms. The lowest BCUT2D eigenvalue weighted by molar-refractivity contribution is 0.775. The summed E-state index contributed by atoms with van der Waals surface area (Å²) in [6.45, 7) is 8.55. The zero-order valence-corrected chi connectivity index (χ0v) is 19.7. The van der Waals surface area contributed by atoms with Crippen molar-refractivity contribution >= 4 is 43.6 Å². The molecule has 1 N–H and O–H groups in total. The average molecular weight is 450 g/mol. The molecule has 2 aliphatic rings. The van der Waals surface area contributed by atoms with E-state index in [1.54, 1.807) is 0 Å². The van der Waals surface area contributed by atoms with Crippen molar-refractivity contribution in [2.45, 2.75) is 19.9 Å². The Labute approximate surface area is 204 Å². The van der Waals surface area contributed by atoms with Crippen molar-refractivity contribution in [3.05, 3.63) is 107 Å². The Morgan fingerprint density at radius 1 is 0.743 bits per heavy atom. The molecule has 3 nitrogen and oxygen atoms in total. The van der Waals surface area contributed by atoms with E-state index in [0.29, 0.717) is 11.1 Å². The molecule has 2 unspecified atom stereocenters. The van der Waals surface area contributed by atoms with Crippen LogP contribution in [0.3, 0.4) is 0 Å². The van der Waals surface area contributed by atoms with Gasteiger partial charge >= 0.3 is 0 Å².